The van der Waals surface area contributed by atoms with Crippen molar-refractivity contribution in [3.8, 4) is 35.4 Å². The number of ether oxygens (including phenoxy) is 1. The molecular formula is C20H13N5O2. The maximum atomic E-state index is 9.23. The Balaban J connectivity index is 2.06. The molecule has 1 N–H and O–H groups in total. The van der Waals surface area contributed by atoms with Gasteiger partial charge in [0, 0.05) is 17.3 Å². The lowest BCUT2D eigenvalue weighted by Gasteiger charge is -2.10. The second kappa shape index (κ2) is 7.31. The minimum atomic E-state index is -0.281. The molecule has 1 heterocycles. The molecule has 0 saturated heterocycles. The summed E-state index contributed by atoms with van der Waals surface area (Å²) in [6, 6.07) is 16.0. The van der Waals surface area contributed by atoms with Crippen LogP contribution >= 0.6 is 0 Å². The van der Waals surface area contributed by atoms with Crippen molar-refractivity contribution in [3.63, 3.8) is 0 Å². The van der Waals surface area contributed by atoms with Crippen LogP contribution in [0.4, 0.5) is 5.69 Å². The highest BCUT2D eigenvalue weighted by molar-refractivity contribution is 5.80. The highest BCUT2D eigenvalue weighted by atomic mass is 16.5. The molecule has 1 aromatic heterocycles. The van der Waals surface area contributed by atoms with E-state index in [2.05, 4.69) is 10.3 Å². The highest BCUT2D eigenvalue weighted by Gasteiger charge is 2.15. The minimum Gasteiger partial charge on any atom is -0.497 e. The van der Waals surface area contributed by atoms with Gasteiger partial charge in [-0.05, 0) is 36.8 Å². The Labute approximate surface area is 155 Å². The minimum absolute atomic E-state index is 0.109. The maximum Gasteiger partial charge on any atom is 0.227 e. The number of allylic oxidation sites excluding steroid dienone is 2. The van der Waals surface area contributed by atoms with Crippen molar-refractivity contribution in [2.24, 2.45) is 0 Å². The molecule has 0 aliphatic rings. The smallest absolute Gasteiger partial charge is 0.227 e. The van der Waals surface area contributed by atoms with E-state index in [9.17, 15) is 5.26 Å². The Morgan fingerprint density at radius 1 is 1.11 bits per heavy atom. The van der Waals surface area contributed by atoms with Crippen LogP contribution in [-0.4, -0.2) is 12.1 Å². The standard InChI is InChI=1S/C20H13N5O2/c1-12-15(20-25-17-8-14(26-2)6-7-19(17)27-20)4-3-5-16(12)24-18(11-23)13(9-21)10-22/h3-8,24H,1-2H3. The van der Waals surface area contributed by atoms with Gasteiger partial charge in [0.1, 0.15) is 35.2 Å². The van der Waals surface area contributed by atoms with E-state index < -0.39 is 0 Å². The van der Waals surface area contributed by atoms with Gasteiger partial charge in [-0.2, -0.15) is 15.8 Å². The van der Waals surface area contributed by atoms with Gasteiger partial charge in [0.05, 0.1) is 7.11 Å². The third kappa shape index (κ3) is 3.28. The molecule has 0 unspecified atom stereocenters. The van der Waals surface area contributed by atoms with Gasteiger partial charge in [0.15, 0.2) is 11.2 Å². The zero-order valence-corrected chi connectivity index (χ0v) is 14.6. The quantitative estimate of drug-likeness (QED) is 0.701. The average molecular weight is 355 g/mol. The van der Waals surface area contributed by atoms with Crippen LogP contribution in [0.1, 0.15) is 5.56 Å². The number of nitriles is 3. The zero-order chi connectivity index (χ0) is 19.4. The number of nitrogens with one attached hydrogen (secondary N) is 1. The molecule has 7 heteroatoms. The molecule has 0 aliphatic carbocycles. The van der Waals surface area contributed by atoms with Gasteiger partial charge in [-0.25, -0.2) is 4.98 Å². The van der Waals surface area contributed by atoms with Gasteiger partial charge in [0.2, 0.25) is 5.89 Å². The van der Waals surface area contributed by atoms with Gasteiger partial charge < -0.3 is 14.5 Å². The number of oxazole rings is 1. The fourth-order valence-electron chi connectivity index (χ4n) is 2.57. The first kappa shape index (κ1) is 17.5. The molecule has 0 radical (unpaired) electrons. The van der Waals surface area contributed by atoms with Crippen LogP contribution in [0.25, 0.3) is 22.6 Å². The Morgan fingerprint density at radius 2 is 1.89 bits per heavy atom. The maximum absolute atomic E-state index is 9.23. The number of hydrogen-bond acceptors (Lipinski definition) is 7. The third-order valence-corrected chi connectivity index (χ3v) is 4.00. The van der Waals surface area contributed by atoms with Crippen molar-refractivity contribution in [1.82, 2.24) is 4.98 Å². The molecule has 3 rings (SSSR count). The van der Waals surface area contributed by atoms with Gasteiger partial charge in [-0.15, -0.1) is 0 Å². The number of benzene rings is 2. The SMILES string of the molecule is COc1ccc2oc(-c3cccc(NC(C#N)=C(C#N)C#N)c3C)nc2c1. The molecule has 0 spiro atoms. The Hall–Kier alpha value is -4.28. The van der Waals surface area contributed by atoms with Crippen LogP contribution in [0.5, 0.6) is 5.75 Å². The van der Waals surface area contributed by atoms with E-state index in [-0.39, 0.29) is 11.3 Å². The summed E-state index contributed by atoms with van der Waals surface area (Å²) in [5, 5.41) is 30.0. The van der Waals surface area contributed by atoms with E-state index in [1.165, 1.54) is 0 Å². The number of anilines is 1. The van der Waals surface area contributed by atoms with E-state index in [1.807, 2.05) is 19.1 Å². The van der Waals surface area contributed by atoms with Crippen LogP contribution in [0.3, 0.4) is 0 Å². The van der Waals surface area contributed by atoms with Crippen LogP contribution in [0, 0.1) is 40.9 Å². The molecule has 0 amide bonds. The largest absolute Gasteiger partial charge is 0.497 e. The van der Waals surface area contributed by atoms with Gasteiger partial charge in [0.25, 0.3) is 0 Å². The van der Waals surface area contributed by atoms with Crippen LogP contribution in [0.2, 0.25) is 0 Å². The van der Waals surface area contributed by atoms with E-state index in [0.717, 1.165) is 11.1 Å². The number of hydrogen-bond donors (Lipinski definition) is 1. The fraction of sp³-hybridized carbons (Fsp3) is 0.100. The summed E-state index contributed by atoms with van der Waals surface area (Å²) < 4.78 is 11.0. The third-order valence-electron chi connectivity index (χ3n) is 4.00. The number of aromatic nitrogens is 1. The van der Waals surface area contributed by atoms with Gasteiger partial charge >= 0.3 is 0 Å². The van der Waals surface area contributed by atoms with Crippen LogP contribution in [0.15, 0.2) is 52.1 Å². The Kier molecular flexibility index (Phi) is 4.75. The van der Waals surface area contributed by atoms with E-state index in [1.54, 1.807) is 49.6 Å². The lowest BCUT2D eigenvalue weighted by Crippen LogP contribution is -2.03. The second-order valence-corrected chi connectivity index (χ2v) is 5.54. The number of fused-ring (bicyclic) bond motifs is 1. The fourth-order valence-corrected chi connectivity index (χ4v) is 2.57. The lowest BCUT2D eigenvalue weighted by atomic mass is 10.1. The van der Waals surface area contributed by atoms with E-state index in [0.29, 0.717) is 28.4 Å². The Bertz CT molecular complexity index is 1170. The predicted molar refractivity (Wildman–Crippen MR) is 98.2 cm³/mol. The molecule has 7 nitrogen and oxygen atoms in total. The first-order valence-corrected chi connectivity index (χ1v) is 7.87. The molecule has 3 aromatic rings. The van der Waals surface area contributed by atoms with Crippen molar-refractivity contribution in [3.05, 3.63) is 53.2 Å². The predicted octanol–water partition coefficient (Wildman–Crippen LogP) is 4.05. The zero-order valence-electron chi connectivity index (χ0n) is 14.6. The van der Waals surface area contributed by atoms with Crippen molar-refractivity contribution in [2.75, 3.05) is 12.4 Å². The summed E-state index contributed by atoms with van der Waals surface area (Å²) in [5.41, 5.74) is 2.96. The molecule has 0 saturated carbocycles. The molecular weight excluding hydrogens is 342 g/mol. The Morgan fingerprint density at radius 3 is 2.56 bits per heavy atom. The molecule has 130 valence electrons. The lowest BCUT2D eigenvalue weighted by molar-refractivity contribution is 0.415. The summed E-state index contributed by atoms with van der Waals surface area (Å²) in [4.78, 5) is 4.50. The normalized spacial score (nSPS) is 9.74. The monoisotopic (exact) mass is 355 g/mol. The molecule has 2 aromatic carbocycles. The van der Waals surface area contributed by atoms with Crippen molar-refractivity contribution >= 4 is 16.8 Å². The van der Waals surface area contributed by atoms with Crippen LogP contribution < -0.4 is 10.1 Å². The molecule has 0 bridgehead atoms. The van der Waals surface area contributed by atoms with Crippen LogP contribution in [-0.2, 0) is 0 Å². The number of rotatable bonds is 4. The highest BCUT2D eigenvalue weighted by Crippen LogP contribution is 2.32. The van der Waals surface area contributed by atoms with Gasteiger partial charge in [-0.1, -0.05) is 6.07 Å². The summed E-state index contributed by atoms with van der Waals surface area (Å²) in [5.74, 6) is 1.10. The number of methoxy groups -OCH3 is 1. The summed E-state index contributed by atoms with van der Waals surface area (Å²) in [7, 11) is 1.58. The van der Waals surface area contributed by atoms with Crippen molar-refractivity contribution < 1.29 is 9.15 Å². The summed E-state index contributed by atoms with van der Waals surface area (Å²) in [6.45, 7) is 1.83. The average Bonchev–Trinajstić information content (AvgIpc) is 3.12. The first-order valence-electron chi connectivity index (χ1n) is 7.87. The first-order chi connectivity index (χ1) is 13.1. The number of nitrogens with zero attached hydrogens (tertiary/aromatic N) is 4. The summed E-state index contributed by atoms with van der Waals surface area (Å²) in [6.07, 6.45) is 0. The molecule has 27 heavy (non-hydrogen) atoms. The molecule has 0 fully saturated rings. The van der Waals surface area contributed by atoms with Crippen molar-refractivity contribution in [1.29, 1.82) is 15.8 Å². The van der Waals surface area contributed by atoms with Gasteiger partial charge in [-0.3, -0.25) is 0 Å². The van der Waals surface area contributed by atoms with Crippen molar-refractivity contribution in [2.45, 2.75) is 6.92 Å². The summed E-state index contributed by atoms with van der Waals surface area (Å²) >= 11 is 0. The topological polar surface area (TPSA) is 119 Å². The molecule has 0 atom stereocenters. The molecule has 0 aliphatic heterocycles. The van der Waals surface area contributed by atoms with E-state index >= 15 is 0 Å². The second-order valence-electron chi connectivity index (χ2n) is 5.54. The van der Waals surface area contributed by atoms with E-state index in [4.69, 9.17) is 19.7 Å².